The summed E-state index contributed by atoms with van der Waals surface area (Å²) in [6.45, 7) is 2.10. The Morgan fingerprint density at radius 1 is 0.773 bits per heavy atom. The second-order valence-electron chi connectivity index (χ2n) is 12.4. The van der Waals surface area contributed by atoms with Crippen LogP contribution >= 0.6 is 0 Å². The minimum atomic E-state index is -4.66. The normalized spacial score (nSPS) is 21.8. The number of fused-ring (bicyclic) bond motifs is 3. The summed E-state index contributed by atoms with van der Waals surface area (Å²) >= 11 is 0. The van der Waals surface area contributed by atoms with Gasteiger partial charge in [-0.05, 0) is 106 Å². The van der Waals surface area contributed by atoms with Gasteiger partial charge in [-0.1, -0.05) is 84.9 Å². The quantitative estimate of drug-likeness (QED) is 0.122. The van der Waals surface area contributed by atoms with Crippen LogP contribution in [0.15, 0.2) is 102 Å². The zero-order valence-corrected chi connectivity index (χ0v) is 25.2. The third kappa shape index (κ3) is 3.87. The molecular weight excluding hydrogens is 568 g/mol. The Labute approximate surface area is 257 Å². The number of aryl methyl sites for hydroxylation is 1. The van der Waals surface area contributed by atoms with E-state index in [1.165, 1.54) is 23.3 Å². The molecule has 0 heterocycles. The zero-order chi connectivity index (χ0) is 30.2. The van der Waals surface area contributed by atoms with E-state index in [1.807, 2.05) is 24.3 Å². The summed E-state index contributed by atoms with van der Waals surface area (Å²) in [5, 5.41) is 2.21. The van der Waals surface area contributed by atoms with Crippen molar-refractivity contribution in [2.75, 3.05) is 0 Å². The summed E-state index contributed by atoms with van der Waals surface area (Å²) in [7, 11) is -4.66. The average Bonchev–Trinajstić information content (AvgIpc) is 3.04. The zero-order valence-electron chi connectivity index (χ0n) is 24.4. The smallest absolute Gasteiger partial charge is 0.322 e. The third-order valence-electron chi connectivity index (χ3n) is 10.3. The monoisotopic (exact) mass is 599 g/mol. The molecule has 0 amide bonds. The van der Waals surface area contributed by atoms with Crippen molar-refractivity contribution in [1.82, 2.24) is 0 Å². The van der Waals surface area contributed by atoms with Crippen LogP contribution in [0.2, 0.25) is 0 Å². The fourth-order valence-electron chi connectivity index (χ4n) is 8.52. The van der Waals surface area contributed by atoms with Gasteiger partial charge in [0.05, 0.1) is 4.90 Å². The summed E-state index contributed by atoms with van der Waals surface area (Å²) in [5.41, 5.74) is 6.91. The molecule has 0 radical (unpaired) electrons. The van der Waals surface area contributed by atoms with E-state index in [1.54, 1.807) is 0 Å². The highest BCUT2D eigenvalue weighted by Crippen LogP contribution is 2.63. The number of carbonyl (C=O) groups excluding carboxylic acids is 1. The second-order valence-corrected chi connectivity index (χ2v) is 13.8. The molecule has 5 nitrogen and oxygen atoms in total. The molecule has 9 rings (SSSR count). The first-order chi connectivity index (χ1) is 21.3. The van der Waals surface area contributed by atoms with E-state index in [-0.39, 0.29) is 22.7 Å². The van der Waals surface area contributed by atoms with Gasteiger partial charge in [0.2, 0.25) is 0 Å². The standard InChI is InChI=1S/C38H32O5S/c1-23-25-11-3-2-10-24(25)18-19-33(23)38(22-32-26-12-4-8-16-30(26)36(38)31-17-9-5-13-27(31)32)37(39)43-34-20-21-35(44(40,41)42)29-15-7-6-14-28(29)34/h2-5,8-13,16-21,32,36H,6-7,14-15,22H2,1H3,(H,40,41,42)/p-1. The minimum Gasteiger partial charge on any atom is -0.744 e. The van der Waals surface area contributed by atoms with E-state index >= 15 is 4.79 Å². The largest absolute Gasteiger partial charge is 0.744 e. The Hall–Kier alpha value is -4.26. The lowest BCUT2D eigenvalue weighted by atomic mass is 9.49. The number of esters is 1. The highest BCUT2D eigenvalue weighted by Gasteiger charge is 2.59. The van der Waals surface area contributed by atoms with Gasteiger partial charge in [0.25, 0.3) is 0 Å². The van der Waals surface area contributed by atoms with Crippen LogP contribution in [0.3, 0.4) is 0 Å². The van der Waals surface area contributed by atoms with E-state index < -0.39 is 15.5 Å². The average molecular weight is 600 g/mol. The van der Waals surface area contributed by atoms with Crippen molar-refractivity contribution in [1.29, 1.82) is 0 Å². The molecule has 1 atom stereocenters. The fraction of sp³-hybridized carbons (Fsp3) is 0.237. The number of benzene rings is 5. The number of hydrogen-bond acceptors (Lipinski definition) is 5. The molecule has 4 aliphatic rings. The second kappa shape index (κ2) is 9.88. The highest BCUT2D eigenvalue weighted by molar-refractivity contribution is 7.85. The molecule has 0 aliphatic heterocycles. The number of carbonyl (C=O) groups is 1. The minimum absolute atomic E-state index is 0.00715. The SMILES string of the molecule is Cc1c(C2(C(=O)Oc3ccc(S(=O)(=O)[O-])c4c3CCCC4)CC3c4ccccc4C2c2ccccc23)ccc2ccccc12. The van der Waals surface area contributed by atoms with Gasteiger partial charge in [-0.15, -0.1) is 0 Å². The van der Waals surface area contributed by atoms with Gasteiger partial charge in [-0.3, -0.25) is 4.79 Å². The van der Waals surface area contributed by atoms with Crippen LogP contribution < -0.4 is 4.74 Å². The predicted octanol–water partition coefficient (Wildman–Crippen LogP) is 7.46. The van der Waals surface area contributed by atoms with Gasteiger partial charge in [0.1, 0.15) is 21.3 Å². The first kappa shape index (κ1) is 27.3. The van der Waals surface area contributed by atoms with Crippen LogP contribution in [-0.4, -0.2) is 18.9 Å². The molecule has 5 aromatic carbocycles. The summed E-state index contributed by atoms with van der Waals surface area (Å²) in [5.74, 6) is -0.254. The van der Waals surface area contributed by atoms with E-state index in [2.05, 4.69) is 67.6 Å². The Bertz CT molecular complexity index is 2070. The van der Waals surface area contributed by atoms with Crippen molar-refractivity contribution in [3.8, 4) is 5.75 Å². The first-order valence-corrected chi connectivity index (χ1v) is 16.7. The lowest BCUT2D eigenvalue weighted by Crippen LogP contribution is -2.52. The van der Waals surface area contributed by atoms with Crippen LogP contribution in [0.1, 0.15) is 75.6 Å². The Balaban J connectivity index is 1.37. The molecule has 0 N–H and O–H groups in total. The number of rotatable bonds is 4. The van der Waals surface area contributed by atoms with Crippen molar-refractivity contribution in [2.24, 2.45) is 0 Å². The number of hydrogen-bond donors (Lipinski definition) is 0. The lowest BCUT2D eigenvalue weighted by molar-refractivity contribution is -0.142. The third-order valence-corrected chi connectivity index (χ3v) is 11.3. The summed E-state index contributed by atoms with van der Waals surface area (Å²) in [6.07, 6.45) is 3.20. The topological polar surface area (TPSA) is 83.5 Å². The van der Waals surface area contributed by atoms with Crippen LogP contribution in [0, 0.1) is 6.92 Å². The van der Waals surface area contributed by atoms with Gasteiger partial charge >= 0.3 is 5.97 Å². The van der Waals surface area contributed by atoms with Crippen LogP contribution in [0.4, 0.5) is 0 Å². The van der Waals surface area contributed by atoms with Crippen LogP contribution in [0.5, 0.6) is 5.75 Å². The molecule has 4 aliphatic carbocycles. The van der Waals surface area contributed by atoms with E-state index in [0.29, 0.717) is 36.1 Å². The fourth-order valence-corrected chi connectivity index (χ4v) is 9.28. The molecule has 2 bridgehead atoms. The van der Waals surface area contributed by atoms with Gasteiger partial charge < -0.3 is 9.29 Å². The molecule has 0 fully saturated rings. The summed E-state index contributed by atoms with van der Waals surface area (Å²) < 4.78 is 42.9. The molecule has 5 aromatic rings. The Morgan fingerprint density at radius 2 is 1.39 bits per heavy atom. The maximum Gasteiger partial charge on any atom is 0.322 e. The van der Waals surface area contributed by atoms with E-state index in [0.717, 1.165) is 45.9 Å². The Kier molecular flexibility index (Phi) is 6.13. The molecule has 0 aromatic heterocycles. The maximum absolute atomic E-state index is 15.2. The van der Waals surface area contributed by atoms with Gasteiger partial charge in [0.15, 0.2) is 0 Å². The van der Waals surface area contributed by atoms with Crippen molar-refractivity contribution in [3.05, 3.63) is 142 Å². The predicted molar refractivity (Wildman–Crippen MR) is 168 cm³/mol. The first-order valence-electron chi connectivity index (χ1n) is 15.3. The number of ether oxygens (including phenoxy) is 1. The van der Waals surface area contributed by atoms with Gasteiger partial charge in [-0.2, -0.15) is 0 Å². The van der Waals surface area contributed by atoms with E-state index in [9.17, 15) is 13.0 Å². The van der Waals surface area contributed by atoms with Crippen molar-refractivity contribution in [2.45, 2.75) is 61.2 Å². The summed E-state index contributed by atoms with van der Waals surface area (Å²) in [6, 6.07) is 32.2. The van der Waals surface area contributed by atoms with Crippen molar-refractivity contribution < 1.29 is 22.5 Å². The Morgan fingerprint density at radius 3 is 2.07 bits per heavy atom. The molecule has 0 saturated heterocycles. The molecule has 220 valence electrons. The maximum atomic E-state index is 15.2. The molecule has 44 heavy (non-hydrogen) atoms. The molecule has 0 saturated carbocycles. The van der Waals surface area contributed by atoms with E-state index in [4.69, 9.17) is 4.74 Å². The van der Waals surface area contributed by atoms with Crippen molar-refractivity contribution >= 4 is 26.9 Å². The molecule has 1 unspecified atom stereocenters. The van der Waals surface area contributed by atoms with Crippen LogP contribution in [0.25, 0.3) is 10.8 Å². The highest BCUT2D eigenvalue weighted by atomic mass is 32.2. The summed E-state index contributed by atoms with van der Waals surface area (Å²) in [4.78, 5) is 15.0. The van der Waals surface area contributed by atoms with Gasteiger partial charge in [-0.25, -0.2) is 8.42 Å². The molecular formula is C38H31O5S-. The molecule has 6 heteroatoms. The van der Waals surface area contributed by atoms with Crippen LogP contribution in [-0.2, 0) is 33.2 Å². The van der Waals surface area contributed by atoms with Crippen molar-refractivity contribution in [3.63, 3.8) is 0 Å². The lowest BCUT2D eigenvalue weighted by Gasteiger charge is -2.52. The van der Waals surface area contributed by atoms with Gasteiger partial charge in [0, 0.05) is 11.8 Å². The molecule has 0 spiro atoms.